The van der Waals surface area contributed by atoms with E-state index in [4.69, 9.17) is 23.2 Å². The SMILES string of the molecule is CN1C(=O)C2C(C(=O)c3ccc(Cl)c(Cl)c3)C21C. The molecule has 3 unspecified atom stereocenters. The Morgan fingerprint density at radius 1 is 1.33 bits per heavy atom. The minimum atomic E-state index is -0.291. The van der Waals surface area contributed by atoms with Gasteiger partial charge in [-0.1, -0.05) is 23.2 Å². The Morgan fingerprint density at radius 3 is 2.50 bits per heavy atom. The summed E-state index contributed by atoms with van der Waals surface area (Å²) in [5, 5.41) is 0.784. The number of Topliss-reactive ketones (excluding diaryl/α,β-unsaturated/α-hetero) is 1. The van der Waals surface area contributed by atoms with Crippen LogP contribution in [0.1, 0.15) is 17.3 Å². The Labute approximate surface area is 115 Å². The van der Waals surface area contributed by atoms with Gasteiger partial charge in [0, 0.05) is 12.6 Å². The highest BCUT2D eigenvalue weighted by Gasteiger charge is 2.79. The van der Waals surface area contributed by atoms with Gasteiger partial charge in [-0.3, -0.25) is 9.59 Å². The number of nitrogens with zero attached hydrogens (tertiary/aromatic N) is 1. The molecular formula is C13H11Cl2NO2. The summed E-state index contributed by atoms with van der Waals surface area (Å²) >= 11 is 11.7. The van der Waals surface area contributed by atoms with Gasteiger partial charge in [-0.25, -0.2) is 0 Å². The molecule has 5 heteroatoms. The summed E-state index contributed by atoms with van der Waals surface area (Å²) < 4.78 is 0. The highest BCUT2D eigenvalue weighted by molar-refractivity contribution is 6.42. The van der Waals surface area contributed by atoms with Gasteiger partial charge in [-0.05, 0) is 25.1 Å². The average molecular weight is 284 g/mol. The molecule has 0 aromatic heterocycles. The van der Waals surface area contributed by atoms with Crippen LogP contribution >= 0.6 is 23.2 Å². The summed E-state index contributed by atoms with van der Waals surface area (Å²) in [6.45, 7) is 1.94. The molecule has 0 spiro atoms. The second-order valence-electron chi connectivity index (χ2n) is 5.07. The highest BCUT2D eigenvalue weighted by Crippen LogP contribution is 2.63. The second kappa shape index (κ2) is 3.49. The van der Waals surface area contributed by atoms with E-state index < -0.39 is 0 Å². The predicted molar refractivity (Wildman–Crippen MR) is 68.9 cm³/mol. The number of likely N-dealkylation sites (tertiary alicyclic amines) is 1. The van der Waals surface area contributed by atoms with Crippen molar-refractivity contribution in [2.24, 2.45) is 11.8 Å². The average Bonchev–Trinajstić information content (AvgIpc) is 2.94. The molecule has 0 bridgehead atoms. The van der Waals surface area contributed by atoms with Gasteiger partial charge in [0.1, 0.15) is 0 Å². The van der Waals surface area contributed by atoms with E-state index in [1.165, 1.54) is 0 Å². The van der Waals surface area contributed by atoms with E-state index in [1.807, 2.05) is 6.92 Å². The molecule has 1 saturated carbocycles. The zero-order chi connectivity index (χ0) is 13.2. The number of amides is 1. The summed E-state index contributed by atoms with van der Waals surface area (Å²) in [7, 11) is 1.74. The third kappa shape index (κ3) is 1.26. The Morgan fingerprint density at radius 2 is 2.00 bits per heavy atom. The van der Waals surface area contributed by atoms with Gasteiger partial charge in [0.15, 0.2) is 5.78 Å². The number of ketones is 1. The van der Waals surface area contributed by atoms with Gasteiger partial charge in [-0.2, -0.15) is 0 Å². The fourth-order valence-corrected chi connectivity index (χ4v) is 3.23. The molecule has 1 amide bonds. The molecule has 1 aromatic rings. The Kier molecular flexibility index (Phi) is 2.32. The minimum Gasteiger partial charge on any atom is -0.338 e. The maximum Gasteiger partial charge on any atom is 0.229 e. The minimum absolute atomic E-state index is 0.0289. The summed E-state index contributed by atoms with van der Waals surface area (Å²) in [5.41, 5.74) is 0.228. The summed E-state index contributed by atoms with van der Waals surface area (Å²) in [6, 6.07) is 4.83. The largest absolute Gasteiger partial charge is 0.338 e. The number of rotatable bonds is 2. The first-order valence-corrected chi connectivity index (χ1v) is 6.41. The Balaban J connectivity index is 1.89. The third-order valence-electron chi connectivity index (χ3n) is 4.29. The molecule has 1 aliphatic carbocycles. The van der Waals surface area contributed by atoms with Gasteiger partial charge in [-0.15, -0.1) is 0 Å². The van der Waals surface area contributed by atoms with Crippen LogP contribution in [0.25, 0.3) is 0 Å². The standard InChI is InChI=1S/C13H11Cl2NO2/c1-13-9(10(13)12(18)16(13)2)11(17)6-3-4-7(14)8(15)5-6/h3-5,9-10H,1-2H3. The van der Waals surface area contributed by atoms with Gasteiger partial charge >= 0.3 is 0 Å². The van der Waals surface area contributed by atoms with Crippen LogP contribution < -0.4 is 0 Å². The van der Waals surface area contributed by atoms with Gasteiger partial charge in [0.2, 0.25) is 5.91 Å². The molecule has 2 fully saturated rings. The zero-order valence-electron chi connectivity index (χ0n) is 9.91. The van der Waals surface area contributed by atoms with E-state index in [-0.39, 0.29) is 29.1 Å². The fourth-order valence-electron chi connectivity index (χ4n) is 2.94. The van der Waals surface area contributed by atoms with E-state index in [1.54, 1.807) is 30.1 Å². The van der Waals surface area contributed by atoms with Crippen molar-refractivity contribution in [3.63, 3.8) is 0 Å². The number of carbonyl (C=O) groups excluding carboxylic acids is 2. The van der Waals surface area contributed by atoms with Crippen LogP contribution in [0.4, 0.5) is 0 Å². The van der Waals surface area contributed by atoms with Crippen LogP contribution in [-0.4, -0.2) is 29.2 Å². The van der Waals surface area contributed by atoms with Crippen molar-refractivity contribution >= 4 is 34.9 Å². The van der Waals surface area contributed by atoms with E-state index in [0.717, 1.165) is 0 Å². The van der Waals surface area contributed by atoms with Gasteiger partial charge in [0.05, 0.1) is 27.4 Å². The lowest BCUT2D eigenvalue weighted by atomic mass is 10.0. The van der Waals surface area contributed by atoms with Crippen LogP contribution in [0.2, 0.25) is 10.0 Å². The Hall–Kier alpha value is -1.06. The molecule has 1 heterocycles. The molecule has 94 valence electrons. The lowest BCUT2D eigenvalue weighted by Gasteiger charge is -2.34. The van der Waals surface area contributed by atoms with E-state index in [9.17, 15) is 9.59 Å². The lowest BCUT2D eigenvalue weighted by Crippen LogP contribution is -2.50. The monoisotopic (exact) mass is 283 g/mol. The molecule has 3 rings (SSSR count). The number of fused-ring (bicyclic) bond motifs is 1. The van der Waals surface area contributed by atoms with Crippen LogP contribution in [-0.2, 0) is 4.79 Å². The molecule has 3 nitrogen and oxygen atoms in total. The van der Waals surface area contributed by atoms with Crippen LogP contribution in [0.3, 0.4) is 0 Å². The normalized spacial score (nSPS) is 32.9. The van der Waals surface area contributed by atoms with Crippen LogP contribution in [0.15, 0.2) is 18.2 Å². The zero-order valence-corrected chi connectivity index (χ0v) is 11.4. The third-order valence-corrected chi connectivity index (χ3v) is 5.03. The van der Waals surface area contributed by atoms with Gasteiger partial charge in [0.25, 0.3) is 0 Å². The van der Waals surface area contributed by atoms with Crippen molar-refractivity contribution in [1.82, 2.24) is 4.90 Å². The van der Waals surface area contributed by atoms with Crippen molar-refractivity contribution in [2.75, 3.05) is 7.05 Å². The van der Waals surface area contributed by atoms with Gasteiger partial charge < -0.3 is 4.90 Å². The highest BCUT2D eigenvalue weighted by atomic mass is 35.5. The number of hydrogen-bond acceptors (Lipinski definition) is 2. The first-order chi connectivity index (χ1) is 8.39. The number of carbonyl (C=O) groups is 2. The number of hydrogen-bond donors (Lipinski definition) is 0. The predicted octanol–water partition coefficient (Wildman–Crippen LogP) is 2.65. The smallest absolute Gasteiger partial charge is 0.229 e. The number of benzene rings is 1. The number of halogens is 2. The first-order valence-electron chi connectivity index (χ1n) is 5.66. The molecule has 18 heavy (non-hydrogen) atoms. The maximum atomic E-state index is 12.3. The maximum absolute atomic E-state index is 12.3. The van der Waals surface area contributed by atoms with E-state index in [2.05, 4.69) is 0 Å². The molecule has 0 N–H and O–H groups in total. The van der Waals surface area contributed by atoms with Crippen molar-refractivity contribution in [2.45, 2.75) is 12.5 Å². The quantitative estimate of drug-likeness (QED) is 0.618. The molecular weight excluding hydrogens is 273 g/mol. The van der Waals surface area contributed by atoms with Crippen molar-refractivity contribution in [1.29, 1.82) is 0 Å². The Bertz CT molecular complexity index is 586. The van der Waals surface area contributed by atoms with Crippen LogP contribution in [0.5, 0.6) is 0 Å². The molecule has 0 radical (unpaired) electrons. The van der Waals surface area contributed by atoms with Crippen molar-refractivity contribution in [3.05, 3.63) is 33.8 Å². The van der Waals surface area contributed by atoms with E-state index in [0.29, 0.717) is 15.6 Å². The number of β-lactam (4-membered cyclic amide) rings is 1. The molecule has 2 aliphatic rings. The summed E-state index contributed by atoms with van der Waals surface area (Å²) in [6.07, 6.45) is 0. The first kappa shape index (κ1) is 12.0. The summed E-state index contributed by atoms with van der Waals surface area (Å²) in [4.78, 5) is 25.6. The lowest BCUT2D eigenvalue weighted by molar-refractivity contribution is -0.143. The topological polar surface area (TPSA) is 37.4 Å². The fraction of sp³-hybridized carbons (Fsp3) is 0.385. The molecule has 1 saturated heterocycles. The van der Waals surface area contributed by atoms with Crippen LogP contribution in [0, 0.1) is 11.8 Å². The molecule has 1 aliphatic heterocycles. The molecule has 3 atom stereocenters. The second-order valence-corrected chi connectivity index (χ2v) is 5.89. The van der Waals surface area contributed by atoms with Crippen molar-refractivity contribution in [3.8, 4) is 0 Å². The van der Waals surface area contributed by atoms with E-state index >= 15 is 0 Å². The van der Waals surface area contributed by atoms with Crippen molar-refractivity contribution < 1.29 is 9.59 Å². The summed E-state index contributed by atoms with van der Waals surface area (Å²) in [5.74, 6) is -0.369. The molecule has 1 aromatic carbocycles.